The van der Waals surface area contributed by atoms with Gasteiger partial charge in [0.15, 0.2) is 4.80 Å². The van der Waals surface area contributed by atoms with E-state index in [0.29, 0.717) is 20.6 Å². The smallest absolute Gasteiger partial charge is 0.338 e. The predicted octanol–water partition coefficient (Wildman–Crippen LogP) is 3.23. The minimum Gasteiger partial charge on any atom is -0.463 e. The van der Waals surface area contributed by atoms with Crippen molar-refractivity contribution in [2.45, 2.75) is 26.8 Å². The second-order valence-electron chi connectivity index (χ2n) is 6.29. The van der Waals surface area contributed by atoms with E-state index in [-0.39, 0.29) is 12.2 Å². The third-order valence-electron chi connectivity index (χ3n) is 4.49. The highest BCUT2D eigenvalue weighted by molar-refractivity contribution is 7.11. The lowest BCUT2D eigenvalue weighted by Gasteiger charge is -2.23. The summed E-state index contributed by atoms with van der Waals surface area (Å²) in [6.45, 7) is 5.87. The highest BCUT2D eigenvalue weighted by Crippen LogP contribution is 2.33. The van der Waals surface area contributed by atoms with Crippen LogP contribution in [0.15, 0.2) is 50.0 Å². The van der Waals surface area contributed by atoms with Crippen molar-refractivity contribution >= 4 is 46.1 Å². The molecule has 0 saturated carbocycles. The number of thiazole rings is 1. The molecule has 4 heterocycles. The molecule has 4 rings (SSSR count). The number of rotatable bonds is 4. The van der Waals surface area contributed by atoms with Crippen molar-refractivity contribution in [1.29, 1.82) is 0 Å². The molecule has 0 N–H and O–H groups in total. The lowest BCUT2D eigenvalue weighted by molar-refractivity contribution is -0.139. The Balaban J connectivity index is 1.96. The summed E-state index contributed by atoms with van der Waals surface area (Å²) in [5.41, 5.74) is 2.02. The average molecular weight is 431 g/mol. The van der Waals surface area contributed by atoms with Crippen LogP contribution in [-0.2, 0) is 9.53 Å². The molecule has 28 heavy (non-hydrogen) atoms. The number of thiophene rings is 2. The van der Waals surface area contributed by atoms with Crippen molar-refractivity contribution in [2.75, 3.05) is 6.61 Å². The van der Waals surface area contributed by atoms with Gasteiger partial charge in [0.2, 0.25) is 0 Å². The number of carbonyl (C=O) groups excluding carboxylic acids is 1. The first-order valence-corrected chi connectivity index (χ1v) is 11.4. The van der Waals surface area contributed by atoms with Crippen LogP contribution in [0.4, 0.5) is 0 Å². The van der Waals surface area contributed by atoms with E-state index >= 15 is 0 Å². The largest absolute Gasteiger partial charge is 0.463 e. The lowest BCUT2D eigenvalue weighted by atomic mass is 10.0. The first-order valence-electron chi connectivity index (χ1n) is 8.78. The van der Waals surface area contributed by atoms with E-state index in [1.165, 1.54) is 22.7 Å². The fourth-order valence-corrected chi connectivity index (χ4v) is 5.94. The van der Waals surface area contributed by atoms with E-state index in [9.17, 15) is 9.59 Å². The molecule has 8 heteroatoms. The summed E-state index contributed by atoms with van der Waals surface area (Å²) in [6, 6.07) is 5.38. The molecule has 3 aromatic heterocycles. The quantitative estimate of drug-likeness (QED) is 0.597. The number of aromatic nitrogens is 1. The van der Waals surface area contributed by atoms with Crippen LogP contribution < -0.4 is 14.9 Å². The Morgan fingerprint density at radius 3 is 2.75 bits per heavy atom. The highest BCUT2D eigenvalue weighted by atomic mass is 32.1. The summed E-state index contributed by atoms with van der Waals surface area (Å²) in [7, 11) is 0. The Bertz CT molecular complexity index is 1240. The summed E-state index contributed by atoms with van der Waals surface area (Å²) < 4.78 is 7.52. The van der Waals surface area contributed by atoms with Gasteiger partial charge >= 0.3 is 5.97 Å². The molecule has 1 aliphatic rings. The van der Waals surface area contributed by atoms with Crippen molar-refractivity contribution in [2.24, 2.45) is 4.99 Å². The average Bonchev–Trinajstić information content (AvgIpc) is 3.38. The van der Waals surface area contributed by atoms with Crippen LogP contribution in [0.1, 0.15) is 35.2 Å². The zero-order chi connectivity index (χ0) is 19.8. The molecule has 0 saturated heterocycles. The third kappa shape index (κ3) is 3.21. The molecule has 0 fully saturated rings. The fourth-order valence-electron chi connectivity index (χ4n) is 3.16. The van der Waals surface area contributed by atoms with Gasteiger partial charge in [-0.2, -0.15) is 0 Å². The third-order valence-corrected chi connectivity index (χ3v) is 7.37. The van der Waals surface area contributed by atoms with Crippen molar-refractivity contribution < 1.29 is 9.53 Å². The van der Waals surface area contributed by atoms with Crippen LogP contribution in [0.25, 0.3) is 6.08 Å². The number of carbonyl (C=O) groups is 1. The van der Waals surface area contributed by atoms with Gasteiger partial charge in [0, 0.05) is 9.75 Å². The van der Waals surface area contributed by atoms with Crippen LogP contribution in [0.5, 0.6) is 0 Å². The minimum atomic E-state index is -0.512. The Hall–Kier alpha value is -2.29. The fraction of sp³-hybridized carbons (Fsp3) is 0.250. The summed E-state index contributed by atoms with van der Waals surface area (Å²) in [4.78, 5) is 33.1. The van der Waals surface area contributed by atoms with Crippen LogP contribution >= 0.6 is 34.0 Å². The van der Waals surface area contributed by atoms with E-state index in [1.54, 1.807) is 29.8 Å². The van der Waals surface area contributed by atoms with Gasteiger partial charge in [-0.25, -0.2) is 9.79 Å². The van der Waals surface area contributed by atoms with Crippen molar-refractivity contribution in [3.63, 3.8) is 0 Å². The molecule has 0 spiro atoms. The summed E-state index contributed by atoms with van der Waals surface area (Å²) in [5, 5.41) is 3.95. The number of hydrogen-bond donors (Lipinski definition) is 0. The molecule has 144 valence electrons. The molecule has 3 aromatic rings. The molecule has 1 atom stereocenters. The van der Waals surface area contributed by atoms with Crippen LogP contribution in [0.2, 0.25) is 0 Å². The normalized spacial score (nSPS) is 16.8. The maximum absolute atomic E-state index is 13.3. The van der Waals surface area contributed by atoms with Gasteiger partial charge in [-0.15, -0.1) is 22.7 Å². The number of allylic oxidation sites excluding steroid dienone is 1. The SMILES string of the molecule is CCOC(=O)C1=C(C)N=c2s/c(=C/c3sccc3C)c(=O)n2[C@H]1c1cccs1. The second kappa shape index (κ2) is 7.62. The first-order chi connectivity index (χ1) is 13.5. The van der Waals surface area contributed by atoms with Crippen LogP contribution in [0, 0.1) is 6.92 Å². The van der Waals surface area contributed by atoms with Gasteiger partial charge in [-0.3, -0.25) is 9.36 Å². The minimum absolute atomic E-state index is 0.135. The van der Waals surface area contributed by atoms with E-state index in [2.05, 4.69) is 4.99 Å². The van der Waals surface area contributed by atoms with Gasteiger partial charge in [0.1, 0.15) is 6.04 Å². The maximum Gasteiger partial charge on any atom is 0.338 e. The molecule has 0 bridgehead atoms. The van der Waals surface area contributed by atoms with Gasteiger partial charge < -0.3 is 4.74 Å². The standard InChI is InChI=1S/C20H18N2O3S3/c1-4-25-19(24)16-12(3)21-20-22(17(16)13-6-5-8-26-13)18(23)15(28-20)10-14-11(2)7-9-27-14/h5-10,17H,4H2,1-3H3/b15-10+/t17-/m0/s1. The maximum atomic E-state index is 13.3. The summed E-state index contributed by atoms with van der Waals surface area (Å²) in [6.07, 6.45) is 1.92. The Morgan fingerprint density at radius 1 is 1.29 bits per heavy atom. The topological polar surface area (TPSA) is 60.7 Å². The van der Waals surface area contributed by atoms with Crippen molar-refractivity contribution in [3.05, 3.63) is 75.2 Å². The summed E-state index contributed by atoms with van der Waals surface area (Å²) >= 11 is 4.47. The number of fused-ring (bicyclic) bond motifs is 1. The number of hydrogen-bond acceptors (Lipinski definition) is 7. The second-order valence-corrected chi connectivity index (χ2v) is 9.22. The predicted molar refractivity (Wildman–Crippen MR) is 114 cm³/mol. The van der Waals surface area contributed by atoms with Crippen LogP contribution in [0.3, 0.4) is 0 Å². The van der Waals surface area contributed by atoms with Gasteiger partial charge in [-0.05, 0) is 55.3 Å². The lowest BCUT2D eigenvalue weighted by Crippen LogP contribution is -2.39. The van der Waals surface area contributed by atoms with Gasteiger partial charge in [0.05, 0.1) is 22.4 Å². The summed E-state index contributed by atoms with van der Waals surface area (Å²) in [5.74, 6) is -0.425. The molecule has 5 nitrogen and oxygen atoms in total. The van der Waals surface area contributed by atoms with Gasteiger partial charge in [0.25, 0.3) is 5.56 Å². The number of nitrogens with zero attached hydrogens (tertiary/aromatic N) is 2. The van der Waals surface area contributed by atoms with Crippen molar-refractivity contribution in [1.82, 2.24) is 4.57 Å². The van der Waals surface area contributed by atoms with Crippen molar-refractivity contribution in [3.8, 4) is 0 Å². The molecule has 0 radical (unpaired) electrons. The van der Waals surface area contributed by atoms with Gasteiger partial charge in [-0.1, -0.05) is 17.4 Å². The number of esters is 1. The van der Waals surface area contributed by atoms with Crippen LogP contribution in [-0.4, -0.2) is 17.1 Å². The number of aryl methyl sites for hydroxylation is 1. The Kier molecular flexibility index (Phi) is 5.18. The molecule has 0 aromatic carbocycles. The molecule has 0 aliphatic carbocycles. The van der Waals surface area contributed by atoms with E-state index in [0.717, 1.165) is 15.3 Å². The highest BCUT2D eigenvalue weighted by Gasteiger charge is 2.33. The van der Waals surface area contributed by atoms with E-state index in [4.69, 9.17) is 4.74 Å². The molecular weight excluding hydrogens is 412 g/mol. The molecular formula is C20H18N2O3S3. The molecule has 1 aliphatic heterocycles. The first kappa shape index (κ1) is 19.0. The monoisotopic (exact) mass is 430 g/mol. The zero-order valence-corrected chi connectivity index (χ0v) is 18.0. The molecule has 0 amide bonds. The zero-order valence-electron chi connectivity index (χ0n) is 15.6. The Labute approximate surface area is 173 Å². The number of ether oxygens (including phenoxy) is 1. The van der Waals surface area contributed by atoms with E-state index in [1.807, 2.05) is 42.0 Å². The molecule has 0 unspecified atom stereocenters. The Morgan fingerprint density at radius 2 is 2.11 bits per heavy atom. The van der Waals surface area contributed by atoms with E-state index < -0.39 is 12.0 Å².